The second-order valence-electron chi connectivity index (χ2n) is 12.7. The Balaban J connectivity index is 1.24. The highest BCUT2D eigenvalue weighted by Crippen LogP contribution is 2.40. The summed E-state index contributed by atoms with van der Waals surface area (Å²) >= 11 is 0. The van der Waals surface area contributed by atoms with E-state index in [1.54, 1.807) is 39.3 Å². The number of amides is 2. The Hall–Kier alpha value is -4.72. The first-order valence-corrected chi connectivity index (χ1v) is 18.3. The van der Waals surface area contributed by atoms with Crippen molar-refractivity contribution in [1.29, 1.82) is 0 Å². The molecule has 0 aliphatic carbocycles. The summed E-state index contributed by atoms with van der Waals surface area (Å²) in [6.45, 7) is 7.01. The van der Waals surface area contributed by atoms with Gasteiger partial charge in [0.15, 0.2) is 11.5 Å². The van der Waals surface area contributed by atoms with E-state index in [2.05, 4.69) is 50.8 Å². The number of nitrogens with one attached hydrogen (secondary N) is 1. The van der Waals surface area contributed by atoms with Crippen molar-refractivity contribution in [3.8, 4) is 11.5 Å². The van der Waals surface area contributed by atoms with Crippen LogP contribution in [0.15, 0.2) is 77.8 Å². The van der Waals surface area contributed by atoms with Crippen molar-refractivity contribution in [2.75, 3.05) is 51.8 Å². The molecule has 0 saturated carbocycles. The van der Waals surface area contributed by atoms with Crippen LogP contribution in [0.25, 0.3) is 0 Å². The first-order chi connectivity index (χ1) is 24.0. The van der Waals surface area contributed by atoms with Gasteiger partial charge in [-0.2, -0.15) is 5.10 Å². The minimum atomic E-state index is -3.81. The Kier molecular flexibility index (Phi) is 10.3. The topological polar surface area (TPSA) is 126 Å². The summed E-state index contributed by atoms with van der Waals surface area (Å²) in [6, 6.07) is 20.8. The summed E-state index contributed by atoms with van der Waals surface area (Å²) in [5.74, 6) is 0.226. The highest BCUT2D eigenvalue weighted by molar-refractivity contribution is 7.89. The number of hydrogen-bond acceptors (Lipinski definition) is 9. The van der Waals surface area contributed by atoms with Gasteiger partial charge in [0.25, 0.3) is 11.8 Å². The number of methoxy groups -OCH3 is 2. The van der Waals surface area contributed by atoms with E-state index in [4.69, 9.17) is 9.47 Å². The number of benzene rings is 3. The average molecular weight is 701 g/mol. The molecule has 2 aliphatic rings. The van der Waals surface area contributed by atoms with Gasteiger partial charge in [0.2, 0.25) is 10.0 Å². The molecule has 1 unspecified atom stereocenters. The number of hydrogen-bond donors (Lipinski definition) is 1. The molecule has 2 amide bonds. The van der Waals surface area contributed by atoms with Crippen molar-refractivity contribution in [3.05, 3.63) is 101 Å². The van der Waals surface area contributed by atoms with Gasteiger partial charge in [0.1, 0.15) is 4.90 Å². The van der Waals surface area contributed by atoms with Crippen LogP contribution in [0, 0.1) is 6.92 Å². The highest BCUT2D eigenvalue weighted by Gasteiger charge is 2.43. The van der Waals surface area contributed by atoms with Gasteiger partial charge in [0, 0.05) is 52.0 Å². The number of aryl methyl sites for hydroxylation is 2. The van der Waals surface area contributed by atoms with Crippen molar-refractivity contribution in [1.82, 2.24) is 24.3 Å². The third-order valence-corrected chi connectivity index (χ3v) is 11.3. The number of ether oxygens (including phenoxy) is 2. The molecule has 264 valence electrons. The van der Waals surface area contributed by atoms with E-state index in [0.29, 0.717) is 59.8 Å². The molecule has 0 radical (unpaired) electrons. The zero-order valence-corrected chi connectivity index (χ0v) is 29.9. The molecule has 12 nitrogen and oxygen atoms in total. The third kappa shape index (κ3) is 6.85. The summed E-state index contributed by atoms with van der Waals surface area (Å²) in [5, 5.41) is 4.15. The summed E-state index contributed by atoms with van der Waals surface area (Å²) in [7, 11) is 0.929. The van der Waals surface area contributed by atoms with Gasteiger partial charge in [-0.3, -0.25) is 24.1 Å². The molecule has 13 heteroatoms. The zero-order chi connectivity index (χ0) is 35.6. The molecular formula is C37H44N6O6S. The monoisotopic (exact) mass is 700 g/mol. The first-order valence-electron chi connectivity index (χ1n) is 16.8. The molecule has 1 N–H and O–H groups in total. The van der Waals surface area contributed by atoms with Crippen molar-refractivity contribution in [2.24, 2.45) is 7.05 Å². The van der Waals surface area contributed by atoms with E-state index in [1.807, 2.05) is 24.3 Å². The Morgan fingerprint density at radius 2 is 1.60 bits per heavy atom. The fraction of sp³-hybridized carbons (Fsp3) is 0.378. The van der Waals surface area contributed by atoms with E-state index < -0.39 is 16.1 Å². The van der Waals surface area contributed by atoms with Gasteiger partial charge >= 0.3 is 0 Å². The number of carbonyl (C=O) groups excluding carboxylic acids is 2. The lowest BCUT2D eigenvalue weighted by Crippen LogP contribution is -2.47. The lowest BCUT2D eigenvalue weighted by atomic mass is 9.99. The van der Waals surface area contributed by atoms with Gasteiger partial charge in [-0.05, 0) is 62.1 Å². The fourth-order valence-corrected chi connectivity index (χ4v) is 8.34. The molecule has 3 heterocycles. The minimum Gasteiger partial charge on any atom is -0.493 e. The standard InChI is InChI=1S/C37H44N6O6S/c1-25-34(24-40(3)39-25)50(46,47)38-18-10-15-30(28-16-17-32(48-4)33(23-28)49-5)43-36(44)29-13-9-14-31(35(29)37(43)45)42-21-19-41(20-22-42)26(2)27-11-7-6-8-12-27/h6-9,11-14,16-17,23-24,26,30,38H,10,15,18-22H2,1-5H3/t26?,30-/m1/s1. The van der Waals surface area contributed by atoms with E-state index in [-0.39, 0.29) is 29.3 Å². The number of rotatable bonds is 13. The summed E-state index contributed by atoms with van der Waals surface area (Å²) in [5.41, 5.74) is 3.86. The number of aromatic nitrogens is 2. The normalized spacial score (nSPS) is 16.4. The number of fused-ring (bicyclic) bond motifs is 1. The van der Waals surface area contributed by atoms with Crippen LogP contribution in [-0.2, 0) is 17.1 Å². The van der Waals surface area contributed by atoms with E-state index in [9.17, 15) is 18.0 Å². The molecule has 3 aromatic carbocycles. The zero-order valence-electron chi connectivity index (χ0n) is 29.1. The molecule has 50 heavy (non-hydrogen) atoms. The molecule has 1 aromatic heterocycles. The SMILES string of the molecule is COc1ccc([C@@H](CCCNS(=O)(=O)c2cn(C)nc2C)N2C(=O)c3cccc(N4CCN(C(C)c5ccccc5)CC4)c3C2=O)cc1OC. The maximum Gasteiger partial charge on any atom is 0.264 e. The maximum absolute atomic E-state index is 14.4. The van der Waals surface area contributed by atoms with Crippen molar-refractivity contribution < 1.29 is 27.5 Å². The van der Waals surface area contributed by atoms with Gasteiger partial charge in [-0.1, -0.05) is 42.5 Å². The van der Waals surface area contributed by atoms with Crippen molar-refractivity contribution in [3.63, 3.8) is 0 Å². The van der Waals surface area contributed by atoms with Crippen LogP contribution in [-0.4, -0.2) is 86.8 Å². The summed E-state index contributed by atoms with van der Waals surface area (Å²) in [6.07, 6.45) is 2.12. The number of sulfonamides is 1. The van der Waals surface area contributed by atoms with Crippen LogP contribution >= 0.6 is 0 Å². The quantitative estimate of drug-likeness (QED) is 0.156. The third-order valence-electron chi connectivity index (χ3n) is 9.72. The fourth-order valence-electron chi connectivity index (χ4n) is 7.05. The number of nitrogens with zero attached hydrogens (tertiary/aromatic N) is 5. The summed E-state index contributed by atoms with van der Waals surface area (Å²) in [4.78, 5) is 34.6. The van der Waals surface area contributed by atoms with Crippen LogP contribution in [0.2, 0.25) is 0 Å². The number of carbonyl (C=O) groups is 2. The van der Waals surface area contributed by atoms with Gasteiger partial charge in [-0.25, -0.2) is 13.1 Å². The molecule has 6 rings (SSSR count). The van der Waals surface area contributed by atoms with E-state index in [0.717, 1.165) is 18.8 Å². The second-order valence-corrected chi connectivity index (χ2v) is 14.4. The van der Waals surface area contributed by atoms with Gasteiger partial charge < -0.3 is 14.4 Å². The van der Waals surface area contributed by atoms with Crippen LogP contribution in [0.3, 0.4) is 0 Å². The van der Waals surface area contributed by atoms with E-state index >= 15 is 0 Å². The Bertz CT molecular complexity index is 1970. The average Bonchev–Trinajstić information content (AvgIpc) is 3.62. The minimum absolute atomic E-state index is 0.0978. The predicted molar refractivity (Wildman–Crippen MR) is 190 cm³/mol. The molecule has 2 atom stereocenters. The van der Waals surface area contributed by atoms with Crippen molar-refractivity contribution in [2.45, 2.75) is 43.7 Å². The summed E-state index contributed by atoms with van der Waals surface area (Å²) < 4.78 is 41.2. The van der Waals surface area contributed by atoms with Gasteiger partial charge in [-0.15, -0.1) is 0 Å². The second kappa shape index (κ2) is 14.6. The largest absolute Gasteiger partial charge is 0.493 e. The molecule has 1 fully saturated rings. The Morgan fingerprint density at radius 3 is 2.26 bits per heavy atom. The van der Waals surface area contributed by atoms with Crippen LogP contribution in [0.1, 0.15) is 69.4 Å². The number of imide groups is 1. The maximum atomic E-state index is 14.4. The molecule has 1 saturated heterocycles. The number of anilines is 1. The first kappa shape index (κ1) is 35.1. The molecular weight excluding hydrogens is 657 g/mol. The lowest BCUT2D eigenvalue weighted by molar-refractivity contribution is 0.0572. The highest BCUT2D eigenvalue weighted by atomic mass is 32.2. The predicted octanol–water partition coefficient (Wildman–Crippen LogP) is 4.72. The van der Waals surface area contributed by atoms with E-state index in [1.165, 1.54) is 28.5 Å². The molecule has 0 spiro atoms. The van der Waals surface area contributed by atoms with Crippen molar-refractivity contribution >= 4 is 27.5 Å². The van der Waals surface area contributed by atoms with Crippen LogP contribution in [0.5, 0.6) is 11.5 Å². The van der Waals surface area contributed by atoms with Crippen LogP contribution in [0.4, 0.5) is 5.69 Å². The Morgan fingerprint density at radius 1 is 0.880 bits per heavy atom. The van der Waals surface area contributed by atoms with Crippen LogP contribution < -0.4 is 19.1 Å². The molecule has 0 bridgehead atoms. The molecule has 4 aromatic rings. The number of piperazine rings is 1. The Labute approximate surface area is 293 Å². The molecule has 2 aliphatic heterocycles. The van der Waals surface area contributed by atoms with Gasteiger partial charge in [0.05, 0.1) is 42.8 Å². The smallest absolute Gasteiger partial charge is 0.264 e. The lowest BCUT2D eigenvalue weighted by Gasteiger charge is -2.39.